The Labute approximate surface area is 110 Å². The van der Waals surface area contributed by atoms with E-state index in [1.165, 1.54) is 44.6 Å². The minimum Gasteiger partial charge on any atom is -0.396 e. The zero-order chi connectivity index (χ0) is 13.0. The summed E-state index contributed by atoms with van der Waals surface area (Å²) >= 11 is 0. The fourth-order valence-corrected chi connectivity index (χ4v) is 2.83. The standard InChI is InChI=1S/C14H26N4/c1-3-12-14(15)13(4-2)18(16-12)11-7-10-17-8-5-6-9-17/h3-11,15H2,1-2H3. The molecule has 0 aromatic carbocycles. The van der Waals surface area contributed by atoms with Crippen LogP contribution in [0, 0.1) is 0 Å². The predicted octanol–water partition coefficient (Wildman–Crippen LogP) is 2.08. The summed E-state index contributed by atoms with van der Waals surface area (Å²) in [5, 5.41) is 4.64. The second-order valence-corrected chi connectivity index (χ2v) is 5.14. The highest BCUT2D eigenvalue weighted by Crippen LogP contribution is 2.19. The van der Waals surface area contributed by atoms with Crippen LogP contribution >= 0.6 is 0 Å². The molecule has 0 unspecified atom stereocenters. The minimum absolute atomic E-state index is 0.918. The molecule has 4 nitrogen and oxygen atoms in total. The molecule has 1 aliphatic rings. The van der Waals surface area contributed by atoms with Crippen molar-refractivity contribution in [2.75, 3.05) is 25.4 Å². The molecule has 1 saturated heterocycles. The van der Waals surface area contributed by atoms with Gasteiger partial charge in [-0.15, -0.1) is 0 Å². The third kappa shape index (κ3) is 2.86. The Morgan fingerprint density at radius 2 is 1.83 bits per heavy atom. The van der Waals surface area contributed by atoms with Crippen LogP contribution in [0.4, 0.5) is 5.69 Å². The third-order valence-electron chi connectivity index (χ3n) is 3.89. The number of hydrogen-bond donors (Lipinski definition) is 1. The first-order valence-electron chi connectivity index (χ1n) is 7.32. The summed E-state index contributed by atoms with van der Waals surface area (Å²) in [6.07, 6.45) is 5.82. The van der Waals surface area contributed by atoms with E-state index in [1.807, 2.05) is 0 Å². The van der Waals surface area contributed by atoms with Gasteiger partial charge in [0.25, 0.3) is 0 Å². The van der Waals surface area contributed by atoms with Crippen LogP contribution < -0.4 is 5.73 Å². The minimum atomic E-state index is 0.918. The van der Waals surface area contributed by atoms with E-state index in [0.29, 0.717) is 0 Å². The van der Waals surface area contributed by atoms with E-state index in [1.54, 1.807) is 0 Å². The van der Waals surface area contributed by atoms with Crippen LogP contribution in [0.2, 0.25) is 0 Å². The van der Waals surface area contributed by atoms with Crippen LogP contribution in [-0.4, -0.2) is 34.3 Å². The number of aryl methyl sites for hydroxylation is 2. The fourth-order valence-electron chi connectivity index (χ4n) is 2.83. The van der Waals surface area contributed by atoms with Gasteiger partial charge in [-0.05, 0) is 51.7 Å². The van der Waals surface area contributed by atoms with E-state index in [2.05, 4.69) is 28.5 Å². The van der Waals surface area contributed by atoms with Gasteiger partial charge in [-0.1, -0.05) is 13.8 Å². The molecule has 102 valence electrons. The highest BCUT2D eigenvalue weighted by molar-refractivity contribution is 5.48. The molecule has 2 heterocycles. The molecule has 1 aromatic heterocycles. The van der Waals surface area contributed by atoms with Gasteiger partial charge in [0, 0.05) is 6.54 Å². The van der Waals surface area contributed by atoms with Gasteiger partial charge >= 0.3 is 0 Å². The Hall–Kier alpha value is -1.03. The van der Waals surface area contributed by atoms with Gasteiger partial charge in [-0.3, -0.25) is 4.68 Å². The number of likely N-dealkylation sites (tertiary alicyclic amines) is 1. The second kappa shape index (κ2) is 6.23. The maximum Gasteiger partial charge on any atom is 0.0854 e. The lowest BCUT2D eigenvalue weighted by molar-refractivity contribution is 0.321. The molecule has 4 heteroatoms. The van der Waals surface area contributed by atoms with Crippen LogP contribution in [0.5, 0.6) is 0 Å². The molecular weight excluding hydrogens is 224 g/mol. The SMILES string of the molecule is CCc1nn(CCCN2CCCC2)c(CC)c1N. The van der Waals surface area contributed by atoms with Crippen LogP contribution in [0.1, 0.15) is 44.5 Å². The van der Waals surface area contributed by atoms with Crippen LogP contribution in [0.15, 0.2) is 0 Å². The van der Waals surface area contributed by atoms with E-state index >= 15 is 0 Å². The van der Waals surface area contributed by atoms with Gasteiger partial charge in [0.1, 0.15) is 0 Å². The fraction of sp³-hybridized carbons (Fsp3) is 0.786. The van der Waals surface area contributed by atoms with Crippen molar-refractivity contribution in [1.82, 2.24) is 14.7 Å². The van der Waals surface area contributed by atoms with Gasteiger partial charge in [-0.2, -0.15) is 5.10 Å². The lowest BCUT2D eigenvalue weighted by Crippen LogP contribution is -2.22. The van der Waals surface area contributed by atoms with Crippen molar-refractivity contribution < 1.29 is 0 Å². The zero-order valence-electron chi connectivity index (χ0n) is 11.8. The van der Waals surface area contributed by atoms with Gasteiger partial charge in [0.05, 0.1) is 17.1 Å². The molecule has 1 aromatic rings. The molecule has 18 heavy (non-hydrogen) atoms. The van der Waals surface area contributed by atoms with E-state index in [9.17, 15) is 0 Å². The van der Waals surface area contributed by atoms with Crippen molar-refractivity contribution in [3.05, 3.63) is 11.4 Å². The Kier molecular flexibility index (Phi) is 4.64. The molecule has 0 radical (unpaired) electrons. The normalized spacial score (nSPS) is 16.6. The van der Waals surface area contributed by atoms with Crippen LogP contribution in [0.25, 0.3) is 0 Å². The number of nitrogen functional groups attached to an aromatic ring is 1. The quantitative estimate of drug-likeness (QED) is 0.841. The summed E-state index contributed by atoms with van der Waals surface area (Å²) < 4.78 is 2.13. The summed E-state index contributed by atoms with van der Waals surface area (Å²) in [5.41, 5.74) is 9.32. The first-order chi connectivity index (χ1) is 8.76. The Morgan fingerprint density at radius 1 is 1.11 bits per heavy atom. The highest BCUT2D eigenvalue weighted by atomic mass is 15.3. The predicted molar refractivity (Wildman–Crippen MR) is 75.7 cm³/mol. The number of rotatable bonds is 6. The topological polar surface area (TPSA) is 47.1 Å². The van der Waals surface area contributed by atoms with Gasteiger partial charge in [-0.25, -0.2) is 0 Å². The van der Waals surface area contributed by atoms with Gasteiger partial charge < -0.3 is 10.6 Å². The van der Waals surface area contributed by atoms with Crippen LogP contribution in [0.3, 0.4) is 0 Å². The maximum absolute atomic E-state index is 6.13. The first-order valence-corrected chi connectivity index (χ1v) is 7.32. The summed E-state index contributed by atoms with van der Waals surface area (Å²) in [6, 6.07) is 0. The molecule has 1 fully saturated rings. The van der Waals surface area contributed by atoms with E-state index in [0.717, 1.165) is 30.8 Å². The molecule has 0 atom stereocenters. The molecule has 0 amide bonds. The van der Waals surface area contributed by atoms with E-state index < -0.39 is 0 Å². The summed E-state index contributed by atoms with van der Waals surface area (Å²) in [5.74, 6) is 0. The molecular formula is C14H26N4. The Balaban J connectivity index is 1.91. The summed E-state index contributed by atoms with van der Waals surface area (Å²) in [7, 11) is 0. The molecule has 0 saturated carbocycles. The average Bonchev–Trinajstić information content (AvgIpc) is 2.97. The van der Waals surface area contributed by atoms with E-state index in [4.69, 9.17) is 5.73 Å². The maximum atomic E-state index is 6.13. The molecule has 0 bridgehead atoms. The molecule has 2 N–H and O–H groups in total. The monoisotopic (exact) mass is 250 g/mol. The number of anilines is 1. The summed E-state index contributed by atoms with van der Waals surface area (Å²) in [4.78, 5) is 2.55. The zero-order valence-corrected chi connectivity index (χ0v) is 11.8. The number of nitrogens with two attached hydrogens (primary N) is 1. The smallest absolute Gasteiger partial charge is 0.0854 e. The van der Waals surface area contributed by atoms with Gasteiger partial charge in [0.2, 0.25) is 0 Å². The van der Waals surface area contributed by atoms with Crippen molar-refractivity contribution in [2.24, 2.45) is 0 Å². The first kappa shape index (κ1) is 13.4. The molecule has 2 rings (SSSR count). The van der Waals surface area contributed by atoms with Crippen LogP contribution in [-0.2, 0) is 19.4 Å². The highest BCUT2D eigenvalue weighted by Gasteiger charge is 2.14. The number of hydrogen-bond acceptors (Lipinski definition) is 3. The number of nitrogens with zero attached hydrogens (tertiary/aromatic N) is 3. The average molecular weight is 250 g/mol. The Bertz CT molecular complexity index is 377. The number of aromatic nitrogens is 2. The Morgan fingerprint density at radius 3 is 2.44 bits per heavy atom. The van der Waals surface area contributed by atoms with Crippen molar-refractivity contribution in [2.45, 2.75) is 52.5 Å². The molecule has 0 aliphatic carbocycles. The lowest BCUT2D eigenvalue weighted by Gasteiger charge is -2.14. The second-order valence-electron chi connectivity index (χ2n) is 5.14. The molecule has 1 aliphatic heterocycles. The summed E-state index contributed by atoms with van der Waals surface area (Å²) in [6.45, 7) is 9.04. The van der Waals surface area contributed by atoms with Crippen molar-refractivity contribution >= 4 is 5.69 Å². The van der Waals surface area contributed by atoms with Crippen molar-refractivity contribution in [1.29, 1.82) is 0 Å². The van der Waals surface area contributed by atoms with E-state index in [-0.39, 0.29) is 0 Å². The van der Waals surface area contributed by atoms with Gasteiger partial charge in [0.15, 0.2) is 0 Å². The third-order valence-corrected chi connectivity index (χ3v) is 3.89. The lowest BCUT2D eigenvalue weighted by atomic mass is 10.2. The van der Waals surface area contributed by atoms with Crippen molar-refractivity contribution in [3.8, 4) is 0 Å². The molecule has 0 spiro atoms. The van der Waals surface area contributed by atoms with Crippen molar-refractivity contribution in [3.63, 3.8) is 0 Å². The largest absolute Gasteiger partial charge is 0.396 e.